The highest BCUT2D eigenvalue weighted by Gasteiger charge is 2.15. The fourth-order valence-electron chi connectivity index (χ4n) is 2.68. The Labute approximate surface area is 171 Å². The fraction of sp³-hybridized carbons (Fsp3) is 0.150. The lowest BCUT2D eigenvalue weighted by Gasteiger charge is -2.15. The van der Waals surface area contributed by atoms with Gasteiger partial charge in [-0.1, -0.05) is 29.3 Å². The normalized spacial score (nSPS) is 12.0. The minimum Gasteiger partial charge on any atom is -0.507 e. The van der Waals surface area contributed by atoms with E-state index >= 15 is 0 Å². The van der Waals surface area contributed by atoms with E-state index in [9.17, 15) is 14.6 Å². The van der Waals surface area contributed by atoms with E-state index in [2.05, 4.69) is 10.3 Å². The van der Waals surface area contributed by atoms with Crippen LogP contribution in [0.15, 0.2) is 48.5 Å². The molecule has 0 aliphatic rings. The Morgan fingerprint density at radius 3 is 2.46 bits per heavy atom. The van der Waals surface area contributed by atoms with Crippen LogP contribution in [0.2, 0.25) is 10.0 Å². The van der Waals surface area contributed by atoms with Gasteiger partial charge in [-0.2, -0.15) is 0 Å². The van der Waals surface area contributed by atoms with Crippen molar-refractivity contribution in [3.8, 4) is 28.1 Å². The van der Waals surface area contributed by atoms with Crippen molar-refractivity contribution in [2.24, 2.45) is 0 Å². The molecule has 8 heteroatoms. The molecule has 0 aliphatic heterocycles. The number of pyridine rings is 1. The second-order valence-corrected chi connectivity index (χ2v) is 6.92. The van der Waals surface area contributed by atoms with E-state index in [1.54, 1.807) is 30.3 Å². The average Bonchev–Trinajstić information content (AvgIpc) is 2.67. The Morgan fingerprint density at radius 1 is 1.07 bits per heavy atom. The van der Waals surface area contributed by atoms with E-state index in [0.717, 1.165) is 6.07 Å². The highest BCUT2D eigenvalue weighted by Crippen LogP contribution is 2.38. The summed E-state index contributed by atoms with van der Waals surface area (Å²) in [7, 11) is 0. The lowest BCUT2D eigenvalue weighted by atomic mass is 10.0. The minimum absolute atomic E-state index is 0.0395. The highest BCUT2D eigenvalue weighted by atomic mass is 35.5. The first-order valence-corrected chi connectivity index (χ1v) is 9.12. The lowest BCUT2D eigenvalue weighted by Crippen LogP contribution is -2.23. The van der Waals surface area contributed by atoms with Crippen molar-refractivity contribution in [3.63, 3.8) is 0 Å². The molecule has 4 N–H and O–H groups in total. The molecular formula is C20H17Cl2FN2O3. The van der Waals surface area contributed by atoms with E-state index in [-0.39, 0.29) is 23.6 Å². The van der Waals surface area contributed by atoms with Gasteiger partial charge in [0.2, 0.25) is 0 Å². The number of hydrogen-bond acceptors (Lipinski definition) is 5. The molecule has 1 heterocycles. The number of anilines is 1. The van der Waals surface area contributed by atoms with Gasteiger partial charge in [-0.25, -0.2) is 9.37 Å². The molecule has 2 aromatic carbocycles. The van der Waals surface area contributed by atoms with Crippen LogP contribution in [-0.2, 0) is 0 Å². The summed E-state index contributed by atoms with van der Waals surface area (Å²) >= 11 is 12.6. The maximum Gasteiger partial charge on any atom is 0.127 e. The quantitative estimate of drug-likeness (QED) is 0.474. The zero-order valence-electron chi connectivity index (χ0n) is 14.5. The smallest absolute Gasteiger partial charge is 0.127 e. The number of aliphatic hydroxyl groups excluding tert-OH is 2. The van der Waals surface area contributed by atoms with Gasteiger partial charge in [0, 0.05) is 27.7 Å². The number of aromatic hydroxyl groups is 1. The standard InChI is InChI=1S/C20H17Cl2FN2O3/c21-15-2-1-3-16(22)20(15)11-6-17(14-8-12(23)4-5-18(14)28)25-19(7-11)24-9-13(27)10-26/h1-8,13,26-28H,9-10H2,(H,24,25). The van der Waals surface area contributed by atoms with Gasteiger partial charge >= 0.3 is 0 Å². The van der Waals surface area contributed by atoms with Crippen LogP contribution in [0.5, 0.6) is 5.75 Å². The second-order valence-electron chi connectivity index (χ2n) is 6.10. The van der Waals surface area contributed by atoms with Gasteiger partial charge in [0.15, 0.2) is 0 Å². The third-order valence-corrected chi connectivity index (χ3v) is 4.67. The van der Waals surface area contributed by atoms with Gasteiger partial charge in [-0.05, 0) is 48.0 Å². The number of phenolic OH excluding ortho intramolecular Hbond substituents is 1. The van der Waals surface area contributed by atoms with Crippen molar-refractivity contribution in [1.29, 1.82) is 0 Å². The third kappa shape index (κ3) is 4.54. The molecule has 0 saturated carbocycles. The van der Waals surface area contributed by atoms with Gasteiger partial charge in [-0.15, -0.1) is 0 Å². The summed E-state index contributed by atoms with van der Waals surface area (Å²) in [6.45, 7) is -0.377. The molecule has 0 radical (unpaired) electrons. The number of hydrogen-bond donors (Lipinski definition) is 4. The van der Waals surface area contributed by atoms with Crippen LogP contribution in [0.4, 0.5) is 10.2 Å². The van der Waals surface area contributed by atoms with Crippen molar-refractivity contribution in [2.75, 3.05) is 18.5 Å². The summed E-state index contributed by atoms with van der Waals surface area (Å²) < 4.78 is 13.7. The molecule has 5 nitrogen and oxygen atoms in total. The number of phenols is 1. The van der Waals surface area contributed by atoms with Crippen LogP contribution >= 0.6 is 23.2 Å². The second kappa shape index (κ2) is 8.75. The molecule has 0 amide bonds. The number of rotatable bonds is 6. The third-order valence-electron chi connectivity index (χ3n) is 4.04. The maximum atomic E-state index is 13.7. The summed E-state index contributed by atoms with van der Waals surface area (Å²) in [5.41, 5.74) is 1.61. The molecule has 1 aromatic heterocycles. The molecule has 28 heavy (non-hydrogen) atoms. The lowest BCUT2D eigenvalue weighted by molar-refractivity contribution is 0.105. The SMILES string of the molecule is OCC(O)CNc1cc(-c2c(Cl)cccc2Cl)cc(-c2cc(F)ccc2O)n1. The number of halogens is 3. The number of nitrogens with zero attached hydrogens (tertiary/aromatic N) is 1. The Morgan fingerprint density at radius 2 is 1.79 bits per heavy atom. The van der Waals surface area contributed by atoms with Crippen molar-refractivity contribution in [2.45, 2.75) is 6.10 Å². The van der Waals surface area contributed by atoms with Crippen LogP contribution in [-0.4, -0.2) is 39.6 Å². The van der Waals surface area contributed by atoms with Crippen LogP contribution in [0, 0.1) is 5.82 Å². The Bertz CT molecular complexity index is 981. The molecule has 1 unspecified atom stereocenters. The van der Waals surface area contributed by atoms with Gasteiger partial charge in [0.1, 0.15) is 17.4 Å². The van der Waals surface area contributed by atoms with Crippen LogP contribution in [0.25, 0.3) is 22.4 Å². The van der Waals surface area contributed by atoms with E-state index in [1.165, 1.54) is 12.1 Å². The monoisotopic (exact) mass is 422 g/mol. The average molecular weight is 423 g/mol. The van der Waals surface area contributed by atoms with Crippen LogP contribution in [0.1, 0.15) is 0 Å². The first-order chi connectivity index (χ1) is 13.4. The van der Waals surface area contributed by atoms with E-state index in [4.69, 9.17) is 28.3 Å². The van der Waals surface area contributed by atoms with E-state index < -0.39 is 18.5 Å². The molecule has 0 bridgehead atoms. The van der Waals surface area contributed by atoms with Gasteiger partial charge in [0.05, 0.1) is 18.4 Å². The van der Waals surface area contributed by atoms with Crippen molar-refractivity contribution >= 4 is 29.0 Å². The summed E-state index contributed by atoms with van der Waals surface area (Å²) in [6, 6.07) is 11.9. The van der Waals surface area contributed by atoms with Crippen molar-refractivity contribution < 1.29 is 19.7 Å². The van der Waals surface area contributed by atoms with Crippen LogP contribution < -0.4 is 5.32 Å². The molecule has 1 atom stereocenters. The van der Waals surface area contributed by atoms with E-state index in [1.807, 2.05) is 0 Å². The Balaban J connectivity index is 2.15. The van der Waals surface area contributed by atoms with Crippen molar-refractivity contribution in [3.05, 3.63) is 64.4 Å². The molecule has 3 aromatic rings. The maximum absolute atomic E-state index is 13.7. The largest absolute Gasteiger partial charge is 0.507 e. The highest BCUT2D eigenvalue weighted by molar-refractivity contribution is 6.39. The molecule has 0 saturated heterocycles. The molecule has 3 rings (SSSR count). The summed E-state index contributed by atoms with van der Waals surface area (Å²) in [4.78, 5) is 4.38. The summed E-state index contributed by atoms with van der Waals surface area (Å²) in [5, 5.41) is 32.5. The number of benzene rings is 2. The van der Waals surface area contributed by atoms with Gasteiger partial charge < -0.3 is 20.6 Å². The molecule has 0 fully saturated rings. The van der Waals surface area contributed by atoms with Gasteiger partial charge in [0.25, 0.3) is 0 Å². The first-order valence-electron chi connectivity index (χ1n) is 8.37. The molecular weight excluding hydrogens is 406 g/mol. The topological polar surface area (TPSA) is 85.6 Å². The summed E-state index contributed by atoms with van der Waals surface area (Å²) in [6.07, 6.45) is -0.986. The zero-order chi connectivity index (χ0) is 20.3. The Hall–Kier alpha value is -2.38. The minimum atomic E-state index is -0.986. The number of nitrogens with one attached hydrogen (secondary N) is 1. The molecule has 0 aliphatic carbocycles. The number of aromatic nitrogens is 1. The zero-order valence-corrected chi connectivity index (χ0v) is 16.0. The Kier molecular flexibility index (Phi) is 6.36. The number of aliphatic hydroxyl groups is 2. The van der Waals surface area contributed by atoms with Crippen LogP contribution in [0.3, 0.4) is 0 Å². The predicted octanol–water partition coefficient (Wildman–Crippen LogP) is 4.33. The fourth-order valence-corrected chi connectivity index (χ4v) is 3.29. The van der Waals surface area contributed by atoms with Crippen molar-refractivity contribution in [1.82, 2.24) is 4.98 Å². The predicted molar refractivity (Wildman–Crippen MR) is 108 cm³/mol. The molecule has 146 valence electrons. The van der Waals surface area contributed by atoms with Gasteiger partial charge in [-0.3, -0.25) is 0 Å². The molecule has 0 spiro atoms. The van der Waals surface area contributed by atoms with E-state index in [0.29, 0.717) is 27.0 Å². The summed E-state index contributed by atoms with van der Waals surface area (Å²) in [5.74, 6) is -0.335. The first kappa shape index (κ1) is 20.4.